The van der Waals surface area contributed by atoms with E-state index in [0.29, 0.717) is 23.2 Å². The molecule has 2 rings (SSSR count). The predicted octanol–water partition coefficient (Wildman–Crippen LogP) is 2.75. The molecule has 0 amide bonds. The van der Waals surface area contributed by atoms with Gasteiger partial charge in [0.1, 0.15) is 0 Å². The average molecular weight is 238 g/mol. The van der Waals surface area contributed by atoms with Crippen molar-refractivity contribution in [3.63, 3.8) is 0 Å². The molecule has 0 aromatic carbocycles. The van der Waals surface area contributed by atoms with Crippen LogP contribution in [0.2, 0.25) is 0 Å². The first-order valence-electron chi connectivity index (χ1n) is 6.93. The zero-order valence-corrected chi connectivity index (χ0v) is 11.2. The Morgan fingerprint density at radius 3 is 2.76 bits per heavy atom. The minimum atomic E-state index is -0.108. The number of rotatable bonds is 2. The summed E-state index contributed by atoms with van der Waals surface area (Å²) in [6.07, 6.45) is 5.25. The molecular weight excluding hydrogens is 212 g/mol. The molecule has 0 unspecified atom stereocenters. The highest BCUT2D eigenvalue weighted by atomic mass is 16.3. The second-order valence-corrected chi connectivity index (χ2v) is 6.62. The summed E-state index contributed by atoms with van der Waals surface area (Å²) in [5.41, 5.74) is 1.31. The Bertz CT molecular complexity index is 299. The van der Waals surface area contributed by atoms with E-state index < -0.39 is 0 Å². The van der Waals surface area contributed by atoms with Crippen molar-refractivity contribution >= 4 is 0 Å². The van der Waals surface area contributed by atoms with E-state index in [-0.39, 0.29) is 12.7 Å². The molecule has 0 aliphatic heterocycles. The standard InChI is InChI=1S/C15H26O2/c1-10-6-13(17)8-15(3)5-4-12(7-14(10)15)11(2)9-16/h10,12-14,16-17H,2,4-9H2,1,3H3/t10-,12-,13+,14+,15+/m1/s1. The first-order valence-corrected chi connectivity index (χ1v) is 6.93. The van der Waals surface area contributed by atoms with Crippen LogP contribution in [-0.4, -0.2) is 22.9 Å². The number of fused-ring (bicyclic) bond motifs is 1. The normalized spacial score (nSPS) is 46.4. The van der Waals surface area contributed by atoms with E-state index in [9.17, 15) is 10.2 Å². The van der Waals surface area contributed by atoms with Gasteiger partial charge in [-0.1, -0.05) is 20.4 Å². The largest absolute Gasteiger partial charge is 0.393 e. The Morgan fingerprint density at radius 2 is 2.12 bits per heavy atom. The van der Waals surface area contributed by atoms with Crippen LogP contribution in [0.3, 0.4) is 0 Å². The smallest absolute Gasteiger partial charge is 0.0641 e. The van der Waals surface area contributed by atoms with Crippen molar-refractivity contribution in [2.75, 3.05) is 6.61 Å². The Morgan fingerprint density at radius 1 is 1.41 bits per heavy atom. The van der Waals surface area contributed by atoms with E-state index in [4.69, 9.17) is 0 Å². The van der Waals surface area contributed by atoms with E-state index in [1.807, 2.05) is 0 Å². The van der Waals surface area contributed by atoms with Crippen LogP contribution in [0, 0.1) is 23.2 Å². The van der Waals surface area contributed by atoms with Crippen LogP contribution in [0.25, 0.3) is 0 Å². The molecule has 0 radical (unpaired) electrons. The maximum absolute atomic E-state index is 9.95. The van der Waals surface area contributed by atoms with Gasteiger partial charge in [-0.3, -0.25) is 0 Å². The third kappa shape index (κ3) is 2.43. The molecule has 2 aliphatic carbocycles. The lowest BCUT2D eigenvalue weighted by Crippen LogP contribution is -2.45. The summed E-state index contributed by atoms with van der Waals surface area (Å²) in [5.74, 6) is 1.78. The second-order valence-electron chi connectivity index (χ2n) is 6.62. The monoisotopic (exact) mass is 238 g/mol. The van der Waals surface area contributed by atoms with Crippen molar-refractivity contribution < 1.29 is 10.2 Å². The summed E-state index contributed by atoms with van der Waals surface area (Å²) in [4.78, 5) is 0. The Balaban J connectivity index is 2.11. The van der Waals surface area contributed by atoms with Crippen molar-refractivity contribution in [3.05, 3.63) is 12.2 Å². The first-order chi connectivity index (χ1) is 7.96. The summed E-state index contributed by atoms with van der Waals surface area (Å²) in [6, 6.07) is 0. The highest BCUT2D eigenvalue weighted by Gasteiger charge is 2.47. The summed E-state index contributed by atoms with van der Waals surface area (Å²) >= 11 is 0. The van der Waals surface area contributed by atoms with Gasteiger partial charge in [-0.05, 0) is 60.8 Å². The molecule has 2 aliphatic rings. The van der Waals surface area contributed by atoms with Crippen LogP contribution in [0.4, 0.5) is 0 Å². The van der Waals surface area contributed by atoms with Gasteiger partial charge in [-0.25, -0.2) is 0 Å². The maximum Gasteiger partial charge on any atom is 0.0641 e. The van der Waals surface area contributed by atoms with Crippen LogP contribution in [0.15, 0.2) is 12.2 Å². The molecule has 2 fully saturated rings. The van der Waals surface area contributed by atoms with Crippen molar-refractivity contribution in [2.24, 2.45) is 23.2 Å². The second kappa shape index (κ2) is 4.74. The maximum atomic E-state index is 9.95. The highest BCUT2D eigenvalue weighted by molar-refractivity contribution is 5.07. The molecule has 0 saturated heterocycles. The van der Waals surface area contributed by atoms with E-state index in [1.54, 1.807) is 0 Å². The van der Waals surface area contributed by atoms with Gasteiger partial charge in [0.25, 0.3) is 0 Å². The molecule has 0 spiro atoms. The number of hydrogen-bond donors (Lipinski definition) is 2. The molecule has 5 atom stereocenters. The van der Waals surface area contributed by atoms with Gasteiger partial charge in [-0.2, -0.15) is 0 Å². The topological polar surface area (TPSA) is 40.5 Å². The van der Waals surface area contributed by atoms with Crippen LogP contribution in [0.5, 0.6) is 0 Å². The fourth-order valence-corrected chi connectivity index (χ4v) is 4.29. The molecule has 2 saturated carbocycles. The van der Waals surface area contributed by atoms with Crippen LogP contribution in [-0.2, 0) is 0 Å². The Hall–Kier alpha value is -0.340. The molecule has 0 heterocycles. The molecule has 2 heteroatoms. The lowest BCUT2D eigenvalue weighted by atomic mass is 9.54. The molecule has 0 aromatic rings. The third-order valence-electron chi connectivity index (χ3n) is 5.31. The quantitative estimate of drug-likeness (QED) is 0.726. The van der Waals surface area contributed by atoms with Gasteiger partial charge < -0.3 is 10.2 Å². The van der Waals surface area contributed by atoms with Crippen LogP contribution < -0.4 is 0 Å². The number of hydrogen-bond acceptors (Lipinski definition) is 2. The van der Waals surface area contributed by atoms with Crippen molar-refractivity contribution in [2.45, 2.75) is 52.1 Å². The summed E-state index contributed by atoms with van der Waals surface area (Å²) in [6.45, 7) is 8.74. The van der Waals surface area contributed by atoms with Gasteiger partial charge in [-0.15, -0.1) is 0 Å². The molecule has 0 bridgehead atoms. The van der Waals surface area contributed by atoms with Gasteiger partial charge in [0.15, 0.2) is 0 Å². The van der Waals surface area contributed by atoms with Gasteiger partial charge >= 0.3 is 0 Å². The fraction of sp³-hybridized carbons (Fsp3) is 0.867. The average Bonchev–Trinajstić information content (AvgIpc) is 2.26. The Kier molecular flexibility index (Phi) is 3.65. The lowest BCUT2D eigenvalue weighted by molar-refractivity contribution is -0.0556. The number of aliphatic hydroxyl groups is 2. The fourth-order valence-electron chi connectivity index (χ4n) is 4.29. The van der Waals surface area contributed by atoms with Gasteiger partial charge in [0.2, 0.25) is 0 Å². The minimum absolute atomic E-state index is 0.108. The van der Waals surface area contributed by atoms with Gasteiger partial charge in [0, 0.05) is 0 Å². The molecule has 2 nitrogen and oxygen atoms in total. The predicted molar refractivity (Wildman–Crippen MR) is 69.6 cm³/mol. The van der Waals surface area contributed by atoms with E-state index in [0.717, 1.165) is 31.3 Å². The van der Waals surface area contributed by atoms with E-state index in [2.05, 4.69) is 20.4 Å². The van der Waals surface area contributed by atoms with Crippen molar-refractivity contribution in [1.82, 2.24) is 0 Å². The van der Waals surface area contributed by atoms with Crippen molar-refractivity contribution in [3.8, 4) is 0 Å². The van der Waals surface area contributed by atoms with Gasteiger partial charge in [0.05, 0.1) is 12.7 Å². The SMILES string of the molecule is C=C(CO)[C@@H]1CC[C@@]2(C)C[C@@H](O)C[C@@H](C)[C@@H]2C1. The molecule has 17 heavy (non-hydrogen) atoms. The molecule has 0 aromatic heterocycles. The van der Waals surface area contributed by atoms with E-state index in [1.165, 1.54) is 6.42 Å². The molecule has 98 valence electrons. The van der Waals surface area contributed by atoms with Crippen molar-refractivity contribution in [1.29, 1.82) is 0 Å². The van der Waals surface area contributed by atoms with E-state index >= 15 is 0 Å². The number of aliphatic hydroxyl groups excluding tert-OH is 2. The first kappa shape index (κ1) is 13.1. The zero-order chi connectivity index (χ0) is 12.6. The minimum Gasteiger partial charge on any atom is -0.393 e. The van der Waals surface area contributed by atoms with Crippen LogP contribution >= 0.6 is 0 Å². The summed E-state index contributed by atoms with van der Waals surface area (Å²) in [7, 11) is 0. The summed E-state index contributed by atoms with van der Waals surface area (Å²) < 4.78 is 0. The third-order valence-corrected chi connectivity index (χ3v) is 5.31. The Labute approximate surface area is 105 Å². The highest BCUT2D eigenvalue weighted by Crippen LogP contribution is 2.54. The molecular formula is C15H26O2. The van der Waals surface area contributed by atoms with Crippen LogP contribution in [0.1, 0.15) is 46.0 Å². The zero-order valence-electron chi connectivity index (χ0n) is 11.2. The lowest BCUT2D eigenvalue weighted by Gasteiger charge is -2.52. The summed E-state index contributed by atoms with van der Waals surface area (Å²) in [5, 5.41) is 19.2. The molecule has 2 N–H and O–H groups in total.